The molecule has 4 atom stereocenters. The standard InChI is InChI=1S/C27H28O4/c28-24-16-17-25(29-18-21-10-4-1-5-11-21)27(31-20-23-14-8-3-9-15-23)26(24)30-19-22-12-6-2-7-13-22/h1-17,24-28H,18-20H2. The molecule has 0 radical (unpaired) electrons. The molecule has 0 fully saturated rings. The maximum absolute atomic E-state index is 10.7. The van der Waals surface area contributed by atoms with Crippen LogP contribution in [0.2, 0.25) is 0 Å². The lowest BCUT2D eigenvalue weighted by Gasteiger charge is -2.37. The summed E-state index contributed by atoms with van der Waals surface area (Å²) in [5.74, 6) is 0. The third-order valence-corrected chi connectivity index (χ3v) is 5.34. The fraction of sp³-hybridized carbons (Fsp3) is 0.259. The highest BCUT2D eigenvalue weighted by atomic mass is 16.6. The molecule has 3 aromatic carbocycles. The first-order chi connectivity index (χ1) is 15.3. The topological polar surface area (TPSA) is 47.9 Å². The van der Waals surface area contributed by atoms with Crippen molar-refractivity contribution < 1.29 is 19.3 Å². The number of ether oxygens (including phenoxy) is 3. The number of hydrogen-bond donors (Lipinski definition) is 1. The van der Waals surface area contributed by atoms with Crippen LogP contribution >= 0.6 is 0 Å². The largest absolute Gasteiger partial charge is 0.386 e. The van der Waals surface area contributed by atoms with Crippen LogP contribution in [0.4, 0.5) is 0 Å². The molecule has 0 saturated heterocycles. The normalized spacial score (nSPS) is 23.0. The van der Waals surface area contributed by atoms with Crippen LogP contribution in [-0.4, -0.2) is 29.5 Å². The van der Waals surface area contributed by atoms with Gasteiger partial charge in [-0.25, -0.2) is 0 Å². The van der Waals surface area contributed by atoms with E-state index in [1.165, 1.54) is 0 Å². The lowest BCUT2D eigenvalue weighted by atomic mass is 9.95. The van der Waals surface area contributed by atoms with E-state index in [1.54, 1.807) is 6.08 Å². The predicted octanol–water partition coefficient (Wildman–Crippen LogP) is 4.67. The summed E-state index contributed by atoms with van der Waals surface area (Å²) >= 11 is 0. The lowest BCUT2D eigenvalue weighted by molar-refractivity contribution is -0.167. The van der Waals surface area contributed by atoms with Gasteiger partial charge in [0.15, 0.2) is 0 Å². The molecule has 3 aromatic rings. The first-order valence-electron chi connectivity index (χ1n) is 10.6. The van der Waals surface area contributed by atoms with Crippen LogP contribution < -0.4 is 0 Å². The van der Waals surface area contributed by atoms with Gasteiger partial charge in [-0.05, 0) is 16.7 Å². The molecule has 160 valence electrons. The van der Waals surface area contributed by atoms with Crippen molar-refractivity contribution in [1.82, 2.24) is 0 Å². The summed E-state index contributed by atoms with van der Waals surface area (Å²) in [6.07, 6.45) is 1.57. The molecule has 0 bridgehead atoms. The van der Waals surface area contributed by atoms with Gasteiger partial charge in [0.25, 0.3) is 0 Å². The first-order valence-corrected chi connectivity index (χ1v) is 10.6. The highest BCUT2D eigenvalue weighted by molar-refractivity contribution is 5.17. The van der Waals surface area contributed by atoms with Crippen LogP contribution in [-0.2, 0) is 34.0 Å². The van der Waals surface area contributed by atoms with E-state index in [4.69, 9.17) is 14.2 Å². The number of hydrogen-bond acceptors (Lipinski definition) is 4. The van der Waals surface area contributed by atoms with Gasteiger partial charge in [-0.15, -0.1) is 0 Å². The van der Waals surface area contributed by atoms with Gasteiger partial charge >= 0.3 is 0 Å². The average molecular weight is 417 g/mol. The molecule has 0 saturated carbocycles. The number of benzene rings is 3. The third kappa shape index (κ3) is 6.12. The van der Waals surface area contributed by atoms with E-state index in [0.29, 0.717) is 19.8 Å². The summed E-state index contributed by atoms with van der Waals surface area (Å²) in [5, 5.41) is 10.7. The highest BCUT2D eigenvalue weighted by Crippen LogP contribution is 2.25. The van der Waals surface area contributed by atoms with Gasteiger partial charge in [0, 0.05) is 0 Å². The van der Waals surface area contributed by atoms with E-state index in [0.717, 1.165) is 16.7 Å². The summed E-state index contributed by atoms with van der Waals surface area (Å²) in [5.41, 5.74) is 3.20. The molecule has 1 aliphatic rings. The van der Waals surface area contributed by atoms with Crippen molar-refractivity contribution in [1.29, 1.82) is 0 Å². The molecule has 0 aliphatic heterocycles. The predicted molar refractivity (Wildman–Crippen MR) is 120 cm³/mol. The quantitative estimate of drug-likeness (QED) is 0.515. The maximum atomic E-state index is 10.7. The molecule has 0 heterocycles. The van der Waals surface area contributed by atoms with E-state index < -0.39 is 18.3 Å². The molecule has 31 heavy (non-hydrogen) atoms. The summed E-state index contributed by atoms with van der Waals surface area (Å²) in [4.78, 5) is 0. The second-order valence-electron chi connectivity index (χ2n) is 7.66. The second kappa shape index (κ2) is 11.0. The Hall–Kier alpha value is -2.76. The molecule has 0 amide bonds. The van der Waals surface area contributed by atoms with E-state index >= 15 is 0 Å². The van der Waals surface area contributed by atoms with Crippen molar-refractivity contribution in [2.24, 2.45) is 0 Å². The molecule has 1 aliphatic carbocycles. The van der Waals surface area contributed by atoms with Gasteiger partial charge in [-0.2, -0.15) is 0 Å². The molecule has 0 aromatic heterocycles. The van der Waals surface area contributed by atoms with Crippen molar-refractivity contribution in [3.63, 3.8) is 0 Å². The fourth-order valence-electron chi connectivity index (χ4n) is 3.66. The van der Waals surface area contributed by atoms with Crippen LogP contribution in [0.15, 0.2) is 103 Å². The Kier molecular flexibility index (Phi) is 7.64. The fourth-order valence-corrected chi connectivity index (χ4v) is 3.66. The van der Waals surface area contributed by atoms with E-state index in [-0.39, 0.29) is 6.10 Å². The Morgan fingerprint density at radius 1 is 0.516 bits per heavy atom. The Balaban J connectivity index is 1.48. The van der Waals surface area contributed by atoms with Crippen molar-refractivity contribution in [2.75, 3.05) is 0 Å². The second-order valence-corrected chi connectivity index (χ2v) is 7.66. The van der Waals surface area contributed by atoms with E-state index in [2.05, 4.69) is 0 Å². The van der Waals surface area contributed by atoms with Crippen LogP contribution in [0.3, 0.4) is 0 Å². The minimum atomic E-state index is -0.763. The van der Waals surface area contributed by atoms with E-state index in [9.17, 15) is 5.11 Å². The minimum absolute atomic E-state index is 0.326. The smallest absolute Gasteiger partial charge is 0.117 e. The molecule has 0 spiro atoms. The zero-order valence-electron chi connectivity index (χ0n) is 17.4. The van der Waals surface area contributed by atoms with Crippen LogP contribution in [0.25, 0.3) is 0 Å². The van der Waals surface area contributed by atoms with Crippen molar-refractivity contribution >= 4 is 0 Å². The molecule has 4 heteroatoms. The van der Waals surface area contributed by atoms with Crippen LogP contribution in [0.5, 0.6) is 0 Å². The number of aliphatic hydroxyl groups excluding tert-OH is 1. The van der Waals surface area contributed by atoms with Gasteiger partial charge in [0.2, 0.25) is 0 Å². The molecule has 4 nitrogen and oxygen atoms in total. The molecule has 4 rings (SSSR count). The Morgan fingerprint density at radius 3 is 1.42 bits per heavy atom. The van der Waals surface area contributed by atoms with Crippen molar-refractivity contribution in [3.8, 4) is 0 Å². The Bertz CT molecular complexity index is 927. The Labute approximate surface area is 183 Å². The van der Waals surface area contributed by atoms with Crippen molar-refractivity contribution in [3.05, 3.63) is 120 Å². The summed E-state index contributed by atoms with van der Waals surface area (Å²) in [6.45, 7) is 1.28. The zero-order valence-corrected chi connectivity index (χ0v) is 17.4. The SMILES string of the molecule is OC1C=CC(OCc2ccccc2)C(OCc2ccccc2)C1OCc1ccccc1. The van der Waals surface area contributed by atoms with E-state index in [1.807, 2.05) is 97.1 Å². The Morgan fingerprint density at radius 2 is 0.935 bits per heavy atom. The zero-order chi connectivity index (χ0) is 21.3. The van der Waals surface area contributed by atoms with Crippen LogP contribution in [0.1, 0.15) is 16.7 Å². The van der Waals surface area contributed by atoms with Gasteiger partial charge in [0.05, 0.1) is 19.8 Å². The molecule has 1 N–H and O–H groups in total. The third-order valence-electron chi connectivity index (χ3n) is 5.34. The minimum Gasteiger partial charge on any atom is -0.386 e. The van der Waals surface area contributed by atoms with Gasteiger partial charge < -0.3 is 19.3 Å². The van der Waals surface area contributed by atoms with Gasteiger partial charge in [-0.3, -0.25) is 0 Å². The highest BCUT2D eigenvalue weighted by Gasteiger charge is 2.38. The summed E-state index contributed by atoms with van der Waals surface area (Å²) < 4.78 is 18.6. The number of rotatable bonds is 9. The van der Waals surface area contributed by atoms with Gasteiger partial charge in [0.1, 0.15) is 24.4 Å². The lowest BCUT2D eigenvalue weighted by Crippen LogP contribution is -2.50. The monoisotopic (exact) mass is 416 g/mol. The van der Waals surface area contributed by atoms with Gasteiger partial charge in [-0.1, -0.05) is 103 Å². The maximum Gasteiger partial charge on any atom is 0.117 e. The number of aliphatic hydroxyl groups is 1. The van der Waals surface area contributed by atoms with Crippen LogP contribution in [0, 0.1) is 0 Å². The van der Waals surface area contributed by atoms with Crippen molar-refractivity contribution in [2.45, 2.75) is 44.2 Å². The summed E-state index contributed by atoms with van der Waals surface area (Å²) in [7, 11) is 0. The summed E-state index contributed by atoms with van der Waals surface area (Å²) in [6, 6.07) is 30.0. The average Bonchev–Trinajstić information content (AvgIpc) is 2.83. The molecular weight excluding hydrogens is 388 g/mol. The molecule has 4 unspecified atom stereocenters. The molecular formula is C27H28O4. The first kappa shape index (κ1) is 21.5.